The molecule has 0 heterocycles. The second-order valence-electron chi connectivity index (χ2n) is 10.5. The molecule has 0 saturated carbocycles. The van der Waals surface area contributed by atoms with E-state index in [9.17, 15) is 0 Å². The molecule has 0 unspecified atom stereocenters. The molecule has 0 aliphatic rings. The maximum atomic E-state index is 3.14. The first-order chi connectivity index (χ1) is 13.9. The predicted molar refractivity (Wildman–Crippen MR) is 148 cm³/mol. The first kappa shape index (κ1) is 40.3. The summed E-state index contributed by atoms with van der Waals surface area (Å²) in [5.74, 6) is 1.75. The second-order valence-corrected chi connectivity index (χ2v) is 10.5. The van der Waals surface area contributed by atoms with Crippen LogP contribution in [0.5, 0.6) is 0 Å². The molecule has 0 aromatic carbocycles. The highest BCUT2D eigenvalue weighted by atomic mass is 14.8. The van der Waals surface area contributed by atoms with Crippen molar-refractivity contribution in [3.8, 4) is 0 Å². The van der Waals surface area contributed by atoms with Gasteiger partial charge in [0.2, 0.25) is 0 Å². The molecule has 0 aliphatic heterocycles. The van der Waals surface area contributed by atoms with Gasteiger partial charge in [-0.05, 0) is 49.1 Å². The van der Waals surface area contributed by atoms with Crippen LogP contribution in [0.1, 0.15) is 155 Å². The molecule has 0 aromatic rings. The summed E-state index contributed by atoms with van der Waals surface area (Å²) in [6, 6.07) is 0. The van der Waals surface area contributed by atoms with E-state index in [4.69, 9.17) is 0 Å². The first-order valence-corrected chi connectivity index (χ1v) is 13.5. The molecule has 0 rings (SSSR count). The van der Waals surface area contributed by atoms with Gasteiger partial charge in [0.1, 0.15) is 0 Å². The lowest BCUT2D eigenvalue weighted by Crippen LogP contribution is -2.29. The number of nitrogens with one attached hydrogen (secondary N) is 1. The molecule has 0 spiro atoms. The highest BCUT2D eigenvalue weighted by Crippen LogP contribution is 2.41. The van der Waals surface area contributed by atoms with Crippen LogP contribution in [0.15, 0.2) is 0 Å². The van der Waals surface area contributed by atoms with Crippen molar-refractivity contribution in [1.29, 1.82) is 0 Å². The highest BCUT2D eigenvalue weighted by Gasteiger charge is 2.31. The van der Waals surface area contributed by atoms with E-state index < -0.39 is 0 Å². The van der Waals surface area contributed by atoms with Crippen molar-refractivity contribution >= 4 is 0 Å². The molecule has 30 heavy (non-hydrogen) atoms. The Balaban J connectivity index is -0.000000112. The van der Waals surface area contributed by atoms with Gasteiger partial charge in [-0.3, -0.25) is 0 Å². The predicted octanol–water partition coefficient (Wildman–Crippen LogP) is 10.8. The topological polar surface area (TPSA) is 12.0 Å². The van der Waals surface area contributed by atoms with E-state index in [-0.39, 0.29) is 0 Å². The molecular formula is C29H69N. The van der Waals surface area contributed by atoms with E-state index in [1.165, 1.54) is 57.9 Å². The van der Waals surface area contributed by atoms with Crippen molar-refractivity contribution in [3.63, 3.8) is 0 Å². The van der Waals surface area contributed by atoms with Crippen molar-refractivity contribution in [3.05, 3.63) is 0 Å². The molecule has 0 aliphatic carbocycles. The molecule has 0 bridgehead atoms. The van der Waals surface area contributed by atoms with Crippen LogP contribution in [-0.2, 0) is 0 Å². The van der Waals surface area contributed by atoms with Gasteiger partial charge in [-0.15, -0.1) is 0 Å². The zero-order valence-electron chi connectivity index (χ0n) is 25.0. The van der Waals surface area contributed by atoms with Crippen molar-refractivity contribution in [2.75, 3.05) is 13.6 Å². The molecule has 1 nitrogen and oxygen atoms in total. The Morgan fingerprint density at radius 2 is 0.967 bits per heavy atom. The van der Waals surface area contributed by atoms with Crippen molar-refractivity contribution in [2.45, 2.75) is 155 Å². The lowest BCUT2D eigenvalue weighted by molar-refractivity contribution is 0.115. The van der Waals surface area contributed by atoms with E-state index >= 15 is 0 Å². The average molecular weight is 432 g/mol. The van der Waals surface area contributed by atoms with E-state index in [1.807, 2.05) is 34.7 Å². The Labute approximate surface area is 197 Å². The van der Waals surface area contributed by atoms with Gasteiger partial charge < -0.3 is 5.32 Å². The Bertz CT molecular complexity index is 258. The minimum absolute atomic E-state index is 0.435. The number of rotatable bonds is 10. The Morgan fingerprint density at radius 1 is 0.633 bits per heavy atom. The van der Waals surface area contributed by atoms with Crippen molar-refractivity contribution in [1.82, 2.24) is 5.32 Å². The summed E-state index contributed by atoms with van der Waals surface area (Å²) in [4.78, 5) is 0. The summed E-state index contributed by atoms with van der Waals surface area (Å²) < 4.78 is 0. The molecule has 0 saturated heterocycles. The average Bonchev–Trinajstić information content (AvgIpc) is 2.66. The molecule has 190 valence electrons. The Kier molecular flexibility index (Phi) is 38.9. The van der Waals surface area contributed by atoms with Crippen LogP contribution in [0.3, 0.4) is 0 Å². The lowest BCUT2D eigenvalue weighted by atomic mass is 9.66. The smallest absolute Gasteiger partial charge is 0.00519 e. The monoisotopic (exact) mass is 432 g/mol. The highest BCUT2D eigenvalue weighted by molar-refractivity contribution is 4.82. The fraction of sp³-hybridized carbons (Fsp3) is 1.00. The van der Waals surface area contributed by atoms with Gasteiger partial charge in [-0.2, -0.15) is 0 Å². The summed E-state index contributed by atoms with van der Waals surface area (Å²) >= 11 is 0. The zero-order valence-corrected chi connectivity index (χ0v) is 25.0. The van der Waals surface area contributed by atoms with Gasteiger partial charge in [0.05, 0.1) is 0 Å². The van der Waals surface area contributed by atoms with Gasteiger partial charge >= 0.3 is 0 Å². The normalized spacial score (nSPS) is 10.6. The van der Waals surface area contributed by atoms with Crippen LogP contribution in [0.2, 0.25) is 0 Å². The standard InChI is InChI=1S/C14H30.C8H19N.C3H8.2C2H6/c1-12(2)10-8-9-11-14(6,7)13(3,4)5;1-8(2)6-4-5-7-9-3;1-3-2;2*1-2/h12H,8-11H2,1-7H3;8-9H,4-7H2,1-3H3;3H2,1-2H3;2*1-2H3. The van der Waals surface area contributed by atoms with Gasteiger partial charge in [0, 0.05) is 0 Å². The van der Waals surface area contributed by atoms with Gasteiger partial charge in [0.25, 0.3) is 0 Å². The molecule has 0 radical (unpaired) electrons. The summed E-state index contributed by atoms with van der Waals surface area (Å²) in [5.41, 5.74) is 0.912. The minimum Gasteiger partial charge on any atom is -0.320 e. The van der Waals surface area contributed by atoms with Crippen LogP contribution in [0.4, 0.5) is 0 Å². The number of hydrogen-bond donors (Lipinski definition) is 1. The summed E-state index contributed by atoms with van der Waals surface area (Å²) in [7, 11) is 2.01. The van der Waals surface area contributed by atoms with Crippen molar-refractivity contribution < 1.29 is 0 Å². The molecule has 0 fully saturated rings. The Hall–Kier alpha value is -0.0400. The third-order valence-corrected chi connectivity index (χ3v) is 5.32. The van der Waals surface area contributed by atoms with Gasteiger partial charge in [-0.1, -0.05) is 142 Å². The van der Waals surface area contributed by atoms with Crippen LogP contribution >= 0.6 is 0 Å². The van der Waals surface area contributed by atoms with Crippen molar-refractivity contribution in [2.24, 2.45) is 22.7 Å². The van der Waals surface area contributed by atoms with E-state index in [0.717, 1.165) is 11.8 Å². The molecular weight excluding hydrogens is 362 g/mol. The third-order valence-electron chi connectivity index (χ3n) is 5.32. The summed E-state index contributed by atoms with van der Waals surface area (Å²) in [6.45, 7) is 34.5. The van der Waals surface area contributed by atoms with E-state index in [2.05, 4.69) is 81.5 Å². The van der Waals surface area contributed by atoms with Gasteiger partial charge in [0.15, 0.2) is 0 Å². The first-order valence-electron chi connectivity index (χ1n) is 13.5. The van der Waals surface area contributed by atoms with Crippen LogP contribution in [0.25, 0.3) is 0 Å². The Morgan fingerprint density at radius 3 is 1.23 bits per heavy atom. The van der Waals surface area contributed by atoms with E-state index in [0.29, 0.717) is 10.8 Å². The van der Waals surface area contributed by atoms with Crippen LogP contribution < -0.4 is 5.32 Å². The fourth-order valence-corrected chi connectivity index (χ4v) is 2.35. The maximum absolute atomic E-state index is 3.14. The van der Waals surface area contributed by atoms with E-state index in [1.54, 1.807) is 0 Å². The number of unbranched alkanes of at least 4 members (excludes halogenated alkanes) is 2. The minimum atomic E-state index is 0.435. The SMILES string of the molecule is CC.CC.CC(C)CCCCC(C)(C)C(C)(C)C.CCC.CNCCCCC(C)C. The largest absolute Gasteiger partial charge is 0.320 e. The fourth-order valence-electron chi connectivity index (χ4n) is 2.35. The molecule has 1 N–H and O–H groups in total. The molecule has 0 aromatic heterocycles. The molecule has 1 heteroatoms. The quantitative estimate of drug-likeness (QED) is 0.339. The zero-order chi connectivity index (χ0) is 25.2. The second kappa shape index (κ2) is 29.0. The van der Waals surface area contributed by atoms with Crippen LogP contribution in [0, 0.1) is 22.7 Å². The number of hydrogen-bond acceptors (Lipinski definition) is 1. The molecule has 0 atom stereocenters. The third kappa shape index (κ3) is 38.6. The lowest BCUT2D eigenvalue weighted by Gasteiger charge is -2.39. The molecule has 0 amide bonds. The summed E-state index contributed by atoms with van der Waals surface area (Å²) in [5, 5.41) is 3.14. The van der Waals surface area contributed by atoms with Crippen LogP contribution in [-0.4, -0.2) is 13.6 Å². The maximum Gasteiger partial charge on any atom is -0.00519 e. The summed E-state index contributed by atoms with van der Waals surface area (Å²) in [6.07, 6.45) is 10.9. The van der Waals surface area contributed by atoms with Gasteiger partial charge in [-0.25, -0.2) is 0 Å².